The van der Waals surface area contributed by atoms with Crippen LogP contribution in [0.1, 0.15) is 5.56 Å². The van der Waals surface area contributed by atoms with Crippen LogP contribution in [0.2, 0.25) is 0 Å². The number of hydrogen-bond acceptors (Lipinski definition) is 3. The van der Waals surface area contributed by atoms with Crippen LogP contribution in [0.15, 0.2) is 24.5 Å². The number of amides is 2. The number of pyridine rings is 1. The molecule has 0 aliphatic carbocycles. The van der Waals surface area contributed by atoms with E-state index in [1.807, 2.05) is 12.1 Å². The molecule has 5 heteroatoms. The van der Waals surface area contributed by atoms with E-state index in [1.165, 1.54) is 4.31 Å². The lowest BCUT2D eigenvalue weighted by atomic mass is 10.2. The van der Waals surface area contributed by atoms with Crippen molar-refractivity contribution >= 4 is 18.8 Å². The summed E-state index contributed by atoms with van der Waals surface area (Å²) in [5.41, 5.74) is 6.11. The van der Waals surface area contributed by atoms with Crippen molar-refractivity contribution in [3.8, 4) is 0 Å². The summed E-state index contributed by atoms with van der Waals surface area (Å²) in [4.78, 5) is 14.5. The van der Waals surface area contributed by atoms with E-state index in [2.05, 4.69) is 17.8 Å². The quantitative estimate of drug-likeness (QED) is 0.706. The van der Waals surface area contributed by atoms with Crippen molar-refractivity contribution in [3.05, 3.63) is 30.1 Å². The lowest BCUT2D eigenvalue weighted by Gasteiger charge is -2.11. The van der Waals surface area contributed by atoms with E-state index < -0.39 is 6.03 Å². The molecule has 0 aliphatic heterocycles. The van der Waals surface area contributed by atoms with Crippen molar-refractivity contribution in [1.82, 2.24) is 9.29 Å². The Kier molecular flexibility index (Phi) is 3.57. The van der Waals surface area contributed by atoms with Crippen LogP contribution >= 0.6 is 12.8 Å². The maximum absolute atomic E-state index is 10.6. The number of thiol groups is 1. The van der Waals surface area contributed by atoms with Gasteiger partial charge in [0.05, 0.1) is 0 Å². The van der Waals surface area contributed by atoms with Crippen LogP contribution in [0.25, 0.3) is 0 Å². The summed E-state index contributed by atoms with van der Waals surface area (Å²) in [5, 5.41) is 0. The number of nitrogens with two attached hydrogens (primary N) is 1. The SMILES string of the molecule is NC(=O)N(S)CCc1ccncc1. The zero-order chi connectivity index (χ0) is 9.68. The molecule has 0 saturated carbocycles. The minimum Gasteiger partial charge on any atom is -0.351 e. The number of primary amides is 1. The average molecular weight is 197 g/mol. The molecular formula is C8H11N3OS. The molecule has 70 valence electrons. The van der Waals surface area contributed by atoms with Gasteiger partial charge in [-0.15, -0.1) is 0 Å². The van der Waals surface area contributed by atoms with Crippen LogP contribution in [0.4, 0.5) is 4.79 Å². The molecule has 2 N–H and O–H groups in total. The third-order valence-electron chi connectivity index (χ3n) is 1.62. The first-order valence-corrected chi connectivity index (χ1v) is 4.25. The maximum Gasteiger partial charge on any atom is 0.324 e. The number of carbonyl (C=O) groups excluding carboxylic acids is 1. The Morgan fingerprint density at radius 1 is 1.54 bits per heavy atom. The van der Waals surface area contributed by atoms with Gasteiger partial charge in [-0.05, 0) is 24.1 Å². The molecule has 0 aliphatic rings. The number of carbonyl (C=O) groups is 1. The van der Waals surface area contributed by atoms with E-state index in [9.17, 15) is 4.79 Å². The summed E-state index contributed by atoms with van der Waals surface area (Å²) < 4.78 is 1.18. The standard InChI is InChI=1S/C8H11N3OS/c9-8(12)11(13)6-3-7-1-4-10-5-2-7/h1-2,4-5,13H,3,6H2,(H2,9,12). The minimum absolute atomic E-state index is 0.502. The monoisotopic (exact) mass is 197 g/mol. The first-order valence-electron chi connectivity index (χ1n) is 3.85. The highest BCUT2D eigenvalue weighted by Crippen LogP contribution is 2.01. The molecule has 0 atom stereocenters. The Bertz CT molecular complexity index is 278. The van der Waals surface area contributed by atoms with Crippen LogP contribution in [0.5, 0.6) is 0 Å². The maximum atomic E-state index is 10.6. The number of rotatable bonds is 3. The van der Waals surface area contributed by atoms with E-state index in [1.54, 1.807) is 12.4 Å². The molecule has 0 spiro atoms. The van der Waals surface area contributed by atoms with Crippen LogP contribution in [-0.4, -0.2) is 21.9 Å². The number of aromatic nitrogens is 1. The van der Waals surface area contributed by atoms with Gasteiger partial charge in [-0.3, -0.25) is 9.29 Å². The Morgan fingerprint density at radius 2 is 2.15 bits per heavy atom. The Labute approximate surface area is 82.3 Å². The average Bonchev–Trinajstić information content (AvgIpc) is 2.15. The second-order valence-corrected chi connectivity index (χ2v) is 3.05. The normalized spacial score (nSPS) is 9.62. The summed E-state index contributed by atoms with van der Waals surface area (Å²) >= 11 is 3.90. The summed E-state index contributed by atoms with van der Waals surface area (Å²) in [7, 11) is 0. The molecule has 1 aromatic rings. The Balaban J connectivity index is 2.39. The second-order valence-electron chi connectivity index (χ2n) is 2.57. The molecule has 0 aromatic carbocycles. The predicted octanol–water partition coefficient (Wildman–Crippen LogP) is 0.850. The largest absolute Gasteiger partial charge is 0.351 e. The van der Waals surface area contributed by atoms with Gasteiger partial charge < -0.3 is 5.73 Å². The van der Waals surface area contributed by atoms with E-state index in [-0.39, 0.29) is 0 Å². The van der Waals surface area contributed by atoms with E-state index in [0.29, 0.717) is 6.54 Å². The van der Waals surface area contributed by atoms with Gasteiger partial charge in [-0.25, -0.2) is 4.79 Å². The van der Waals surface area contributed by atoms with Crippen LogP contribution in [0.3, 0.4) is 0 Å². The number of urea groups is 1. The molecule has 1 aromatic heterocycles. The van der Waals surface area contributed by atoms with Crippen molar-refractivity contribution in [2.45, 2.75) is 6.42 Å². The summed E-state index contributed by atoms with van der Waals surface area (Å²) in [6.07, 6.45) is 4.15. The molecular weight excluding hydrogens is 186 g/mol. The highest BCUT2D eigenvalue weighted by Gasteiger charge is 2.03. The van der Waals surface area contributed by atoms with Crippen LogP contribution in [0, 0.1) is 0 Å². The first-order chi connectivity index (χ1) is 6.20. The van der Waals surface area contributed by atoms with Gasteiger partial charge in [0.25, 0.3) is 0 Å². The van der Waals surface area contributed by atoms with Crippen molar-refractivity contribution in [3.63, 3.8) is 0 Å². The van der Waals surface area contributed by atoms with Gasteiger partial charge in [-0.1, -0.05) is 12.8 Å². The highest BCUT2D eigenvalue weighted by molar-refractivity contribution is 7.78. The predicted molar refractivity (Wildman–Crippen MR) is 53.2 cm³/mol. The van der Waals surface area contributed by atoms with Crippen LogP contribution in [-0.2, 0) is 6.42 Å². The Morgan fingerprint density at radius 3 is 2.69 bits per heavy atom. The van der Waals surface area contributed by atoms with Crippen LogP contribution < -0.4 is 5.73 Å². The summed E-state index contributed by atoms with van der Waals surface area (Å²) in [6.45, 7) is 0.502. The summed E-state index contributed by atoms with van der Waals surface area (Å²) in [6, 6.07) is 3.25. The van der Waals surface area contributed by atoms with E-state index >= 15 is 0 Å². The van der Waals surface area contributed by atoms with Crippen molar-refractivity contribution in [1.29, 1.82) is 0 Å². The molecule has 13 heavy (non-hydrogen) atoms. The lowest BCUT2D eigenvalue weighted by molar-refractivity contribution is 0.235. The van der Waals surface area contributed by atoms with Gasteiger partial charge in [-0.2, -0.15) is 0 Å². The molecule has 0 radical (unpaired) electrons. The van der Waals surface area contributed by atoms with Gasteiger partial charge in [0, 0.05) is 18.9 Å². The van der Waals surface area contributed by atoms with E-state index in [0.717, 1.165) is 12.0 Å². The van der Waals surface area contributed by atoms with Gasteiger partial charge in [0.15, 0.2) is 0 Å². The molecule has 1 heterocycles. The number of nitrogens with zero attached hydrogens (tertiary/aromatic N) is 2. The van der Waals surface area contributed by atoms with E-state index in [4.69, 9.17) is 5.73 Å². The molecule has 1 rings (SSSR count). The third kappa shape index (κ3) is 3.33. The molecule has 0 bridgehead atoms. The van der Waals surface area contributed by atoms with Crippen molar-refractivity contribution in [2.75, 3.05) is 6.54 Å². The minimum atomic E-state index is -0.530. The first kappa shape index (κ1) is 9.85. The molecule has 4 nitrogen and oxygen atoms in total. The zero-order valence-electron chi connectivity index (χ0n) is 7.05. The fourth-order valence-corrected chi connectivity index (χ4v) is 0.995. The van der Waals surface area contributed by atoms with Crippen molar-refractivity contribution in [2.24, 2.45) is 5.73 Å². The fraction of sp³-hybridized carbons (Fsp3) is 0.250. The fourth-order valence-electron chi connectivity index (χ4n) is 0.895. The van der Waals surface area contributed by atoms with Gasteiger partial charge in [0.2, 0.25) is 0 Å². The molecule has 0 unspecified atom stereocenters. The summed E-state index contributed by atoms with van der Waals surface area (Å²) in [5.74, 6) is 0. The number of hydrogen-bond donors (Lipinski definition) is 2. The smallest absolute Gasteiger partial charge is 0.324 e. The highest BCUT2D eigenvalue weighted by atomic mass is 32.1. The molecule has 0 saturated heterocycles. The third-order valence-corrected chi connectivity index (χ3v) is 2.01. The molecule has 0 fully saturated rings. The second kappa shape index (κ2) is 4.71. The van der Waals surface area contributed by atoms with Gasteiger partial charge >= 0.3 is 6.03 Å². The van der Waals surface area contributed by atoms with Crippen molar-refractivity contribution < 1.29 is 4.79 Å². The zero-order valence-corrected chi connectivity index (χ0v) is 7.95. The lowest BCUT2D eigenvalue weighted by Crippen LogP contribution is -2.29. The molecule has 2 amide bonds. The topological polar surface area (TPSA) is 59.2 Å². The van der Waals surface area contributed by atoms with Gasteiger partial charge in [0.1, 0.15) is 0 Å². The Hall–Kier alpha value is -1.23.